The van der Waals surface area contributed by atoms with Crippen LogP contribution in [0, 0.1) is 5.92 Å². The van der Waals surface area contributed by atoms with E-state index in [1.807, 2.05) is 54.6 Å². The third kappa shape index (κ3) is 5.06. The van der Waals surface area contributed by atoms with Gasteiger partial charge in [0.1, 0.15) is 4.32 Å². The van der Waals surface area contributed by atoms with Crippen LogP contribution in [0.3, 0.4) is 0 Å². The Morgan fingerprint density at radius 1 is 1.22 bits per heavy atom. The van der Waals surface area contributed by atoms with Crippen LogP contribution in [-0.4, -0.2) is 38.1 Å². The van der Waals surface area contributed by atoms with Crippen LogP contribution in [0.15, 0.2) is 66.7 Å². The van der Waals surface area contributed by atoms with Gasteiger partial charge in [-0.2, -0.15) is 0 Å². The molecule has 2 aromatic rings. The van der Waals surface area contributed by atoms with Gasteiger partial charge < -0.3 is 5.11 Å². The minimum Gasteiger partial charge on any atom is -0.388 e. The predicted molar refractivity (Wildman–Crippen MR) is 116 cm³/mol. The van der Waals surface area contributed by atoms with E-state index < -0.39 is 12.0 Å². The molecule has 1 N–H and O–H groups in total. The number of thiocarbonyl (C=S) groups is 1. The molecule has 1 unspecified atom stereocenters. The number of carbonyl (C=O) groups excluding carboxylic acids is 1. The third-order valence-electron chi connectivity index (χ3n) is 4.70. The zero-order valence-corrected chi connectivity index (χ0v) is 16.8. The number of hydrogen-bond donors (Lipinski definition) is 1. The summed E-state index contributed by atoms with van der Waals surface area (Å²) in [5, 5.41) is 10.5. The molecule has 27 heavy (non-hydrogen) atoms. The molecule has 140 valence electrons. The summed E-state index contributed by atoms with van der Waals surface area (Å²) in [6, 6.07) is 19.9. The molecule has 0 radical (unpaired) electrons. The fraction of sp³-hybridized carbons (Fsp3) is 0.273. The molecular formula is C22H23NO2S2. The first-order valence-corrected chi connectivity index (χ1v) is 10.4. The topological polar surface area (TPSA) is 40.5 Å². The minimum absolute atomic E-state index is 0.0325. The Balaban J connectivity index is 1.68. The molecular weight excluding hydrogens is 374 g/mol. The Labute approximate surface area is 170 Å². The van der Waals surface area contributed by atoms with Gasteiger partial charge >= 0.3 is 0 Å². The van der Waals surface area contributed by atoms with Gasteiger partial charge in [-0.25, -0.2) is 0 Å². The molecule has 1 amide bonds. The van der Waals surface area contributed by atoms with Crippen molar-refractivity contribution in [3.05, 3.63) is 77.9 Å². The molecule has 1 aliphatic rings. The minimum atomic E-state index is -0.858. The summed E-state index contributed by atoms with van der Waals surface area (Å²) in [5.41, 5.74) is 2.17. The molecule has 0 bridgehead atoms. The summed E-state index contributed by atoms with van der Waals surface area (Å²) in [6.07, 6.45) is 3.43. The van der Waals surface area contributed by atoms with Crippen LogP contribution < -0.4 is 0 Å². The second-order valence-corrected chi connectivity index (χ2v) is 8.33. The number of aliphatic hydroxyl groups is 1. The molecule has 2 aromatic carbocycles. The van der Waals surface area contributed by atoms with Crippen molar-refractivity contribution in [2.45, 2.75) is 25.5 Å². The lowest BCUT2D eigenvalue weighted by Gasteiger charge is -2.28. The zero-order chi connectivity index (χ0) is 19.2. The van der Waals surface area contributed by atoms with Crippen molar-refractivity contribution < 1.29 is 9.90 Å². The molecule has 3 atom stereocenters. The van der Waals surface area contributed by atoms with Gasteiger partial charge in [0.25, 0.3) is 0 Å². The highest BCUT2D eigenvalue weighted by Gasteiger charge is 2.37. The van der Waals surface area contributed by atoms with E-state index in [2.05, 4.69) is 12.1 Å². The Morgan fingerprint density at radius 2 is 1.85 bits per heavy atom. The van der Waals surface area contributed by atoms with E-state index in [-0.39, 0.29) is 11.9 Å². The summed E-state index contributed by atoms with van der Waals surface area (Å²) >= 11 is 6.96. The summed E-state index contributed by atoms with van der Waals surface area (Å²) in [6.45, 7) is 1.76. The van der Waals surface area contributed by atoms with Gasteiger partial charge in [-0.15, -0.1) is 0 Å². The number of aliphatic hydroxyl groups excluding tert-OH is 1. The Bertz CT molecular complexity index is 808. The first-order chi connectivity index (χ1) is 13.1. The SMILES string of the molecule is C[C@H](C(=O)N1C(=S)SC[C@@H]1Cc1ccccc1)C(O)/C=C/c1ccccc1. The standard InChI is InChI=1S/C22H23NO2S2/c1-16(20(24)13-12-17-8-4-2-5-9-17)21(25)23-19(15-27-22(23)26)14-18-10-6-3-7-11-18/h2-13,16,19-20,24H,14-15H2,1H3/b13-12+/t16-,19-,20?/m0/s1. The molecule has 5 heteroatoms. The van der Waals surface area contributed by atoms with Crippen LogP contribution in [0.2, 0.25) is 0 Å². The average Bonchev–Trinajstić information content (AvgIpc) is 3.06. The quantitative estimate of drug-likeness (QED) is 0.743. The highest BCUT2D eigenvalue weighted by molar-refractivity contribution is 8.23. The van der Waals surface area contributed by atoms with Crippen molar-refractivity contribution in [1.82, 2.24) is 4.90 Å². The van der Waals surface area contributed by atoms with Gasteiger partial charge in [-0.3, -0.25) is 9.69 Å². The number of rotatable bonds is 6. The molecule has 3 rings (SSSR count). The van der Waals surface area contributed by atoms with Crippen LogP contribution in [-0.2, 0) is 11.2 Å². The van der Waals surface area contributed by atoms with Gasteiger partial charge in [0.15, 0.2) is 0 Å². The van der Waals surface area contributed by atoms with E-state index in [1.165, 1.54) is 17.3 Å². The van der Waals surface area contributed by atoms with Crippen molar-refractivity contribution in [2.75, 3.05) is 5.75 Å². The summed E-state index contributed by atoms with van der Waals surface area (Å²) in [4.78, 5) is 14.7. The summed E-state index contributed by atoms with van der Waals surface area (Å²) < 4.78 is 0.604. The number of nitrogens with zero attached hydrogens (tertiary/aromatic N) is 1. The zero-order valence-electron chi connectivity index (χ0n) is 15.2. The molecule has 1 heterocycles. The lowest BCUT2D eigenvalue weighted by molar-refractivity contribution is -0.134. The molecule has 0 saturated carbocycles. The molecule has 0 spiro atoms. The number of amides is 1. The van der Waals surface area contributed by atoms with E-state index in [1.54, 1.807) is 17.9 Å². The van der Waals surface area contributed by atoms with Crippen molar-refractivity contribution in [2.24, 2.45) is 5.92 Å². The Morgan fingerprint density at radius 3 is 2.52 bits per heavy atom. The summed E-state index contributed by atoms with van der Waals surface area (Å²) in [5.74, 6) is 0.123. The summed E-state index contributed by atoms with van der Waals surface area (Å²) in [7, 11) is 0. The molecule has 0 aliphatic carbocycles. The maximum atomic E-state index is 13.0. The van der Waals surface area contributed by atoms with Crippen molar-refractivity contribution >= 4 is 40.3 Å². The van der Waals surface area contributed by atoms with Crippen molar-refractivity contribution in [1.29, 1.82) is 0 Å². The third-order valence-corrected chi connectivity index (χ3v) is 6.25. The van der Waals surface area contributed by atoms with Gasteiger partial charge in [0, 0.05) is 5.75 Å². The second kappa shape index (κ2) is 9.31. The number of carbonyl (C=O) groups is 1. The molecule has 1 saturated heterocycles. The molecule has 0 aromatic heterocycles. The fourth-order valence-electron chi connectivity index (χ4n) is 3.07. The maximum Gasteiger partial charge on any atom is 0.234 e. The monoisotopic (exact) mass is 397 g/mol. The fourth-order valence-corrected chi connectivity index (χ4v) is 4.50. The Kier molecular flexibility index (Phi) is 6.83. The van der Waals surface area contributed by atoms with E-state index in [9.17, 15) is 9.90 Å². The highest BCUT2D eigenvalue weighted by atomic mass is 32.2. The lowest BCUT2D eigenvalue weighted by atomic mass is 9.99. The lowest BCUT2D eigenvalue weighted by Crippen LogP contribution is -2.45. The normalized spacial score (nSPS) is 19.4. The van der Waals surface area contributed by atoms with Crippen molar-refractivity contribution in [3.8, 4) is 0 Å². The first kappa shape index (κ1) is 19.8. The second-order valence-electron chi connectivity index (χ2n) is 6.68. The van der Waals surface area contributed by atoms with Gasteiger partial charge in [-0.1, -0.05) is 104 Å². The maximum absolute atomic E-state index is 13.0. The van der Waals surface area contributed by atoms with E-state index in [0.717, 1.165) is 17.7 Å². The number of benzene rings is 2. The first-order valence-electron chi connectivity index (χ1n) is 9.01. The van der Waals surface area contributed by atoms with Crippen LogP contribution in [0.1, 0.15) is 18.1 Å². The van der Waals surface area contributed by atoms with E-state index >= 15 is 0 Å². The smallest absolute Gasteiger partial charge is 0.234 e. The largest absolute Gasteiger partial charge is 0.388 e. The molecule has 1 aliphatic heterocycles. The highest BCUT2D eigenvalue weighted by Crippen LogP contribution is 2.29. The molecule has 1 fully saturated rings. The van der Waals surface area contributed by atoms with Gasteiger partial charge in [0.2, 0.25) is 5.91 Å². The van der Waals surface area contributed by atoms with Crippen LogP contribution >= 0.6 is 24.0 Å². The van der Waals surface area contributed by atoms with E-state index in [0.29, 0.717) is 4.32 Å². The number of hydrogen-bond acceptors (Lipinski definition) is 4. The van der Waals surface area contributed by atoms with Gasteiger partial charge in [-0.05, 0) is 17.5 Å². The van der Waals surface area contributed by atoms with Crippen LogP contribution in [0.25, 0.3) is 6.08 Å². The Hall–Kier alpha value is -1.95. The predicted octanol–water partition coefficient (Wildman–Crippen LogP) is 4.17. The average molecular weight is 398 g/mol. The van der Waals surface area contributed by atoms with Gasteiger partial charge in [0.05, 0.1) is 18.1 Å². The van der Waals surface area contributed by atoms with Crippen LogP contribution in [0.4, 0.5) is 0 Å². The van der Waals surface area contributed by atoms with Crippen molar-refractivity contribution in [3.63, 3.8) is 0 Å². The van der Waals surface area contributed by atoms with E-state index in [4.69, 9.17) is 12.2 Å². The van der Waals surface area contributed by atoms with Crippen LogP contribution in [0.5, 0.6) is 0 Å². The molecule has 3 nitrogen and oxygen atoms in total. The number of thioether (sulfide) groups is 1.